The number of hydrogen-bond acceptors (Lipinski definition) is 5. The lowest BCUT2D eigenvalue weighted by Crippen LogP contribution is -2.43. The van der Waals surface area contributed by atoms with Crippen LogP contribution in [0.5, 0.6) is 0 Å². The maximum Gasteiger partial charge on any atom is 0.290 e. The van der Waals surface area contributed by atoms with Gasteiger partial charge in [-0.3, -0.25) is 14.4 Å². The minimum atomic E-state index is -0.883. The third-order valence-electron chi connectivity index (χ3n) is 6.72. The van der Waals surface area contributed by atoms with Crippen LogP contribution >= 0.6 is 0 Å². The molecule has 0 radical (unpaired) electrons. The SMILES string of the molecule is Cn1ccnc1[C@@H]1N(C(=O)c2cnn3ccn(C)c23)CC[C@]12C(=O)Nc1ccccc12.O=CO. The molecule has 2 aliphatic rings. The maximum absolute atomic E-state index is 13.8. The Kier molecular flexibility index (Phi) is 4.96. The average Bonchev–Trinajstić information content (AvgIpc) is 3.61. The van der Waals surface area contributed by atoms with E-state index in [-0.39, 0.29) is 18.3 Å². The zero-order chi connectivity index (χ0) is 24.0. The number of carboxylic acid groups (broad SMARTS) is 1. The van der Waals surface area contributed by atoms with Gasteiger partial charge in [0.2, 0.25) is 5.91 Å². The number of carbonyl (C=O) groups excluding carboxylic acids is 2. The number of anilines is 1. The Morgan fingerprint density at radius 3 is 2.71 bits per heavy atom. The van der Waals surface area contributed by atoms with E-state index in [0.29, 0.717) is 24.4 Å². The number of para-hydroxylation sites is 1. The van der Waals surface area contributed by atoms with Crippen molar-refractivity contribution in [3.8, 4) is 0 Å². The van der Waals surface area contributed by atoms with Crippen molar-refractivity contribution in [2.75, 3.05) is 11.9 Å². The zero-order valence-electron chi connectivity index (χ0n) is 18.6. The van der Waals surface area contributed by atoms with Crippen molar-refractivity contribution in [3.63, 3.8) is 0 Å². The molecule has 174 valence electrons. The van der Waals surface area contributed by atoms with Crippen molar-refractivity contribution >= 4 is 29.6 Å². The van der Waals surface area contributed by atoms with Crippen LogP contribution in [0.15, 0.2) is 55.2 Å². The summed E-state index contributed by atoms with van der Waals surface area (Å²) in [4.78, 5) is 42.0. The molecule has 1 fully saturated rings. The van der Waals surface area contributed by atoms with E-state index in [4.69, 9.17) is 9.90 Å². The smallest absolute Gasteiger partial charge is 0.290 e. The summed E-state index contributed by atoms with van der Waals surface area (Å²) in [5.41, 5.74) is 2.07. The molecule has 11 nitrogen and oxygen atoms in total. The molecule has 0 saturated carbocycles. The van der Waals surface area contributed by atoms with Crippen molar-refractivity contribution in [2.45, 2.75) is 17.9 Å². The summed E-state index contributed by atoms with van der Waals surface area (Å²) in [6, 6.07) is 7.20. The predicted molar refractivity (Wildman–Crippen MR) is 121 cm³/mol. The molecule has 2 amide bonds. The largest absolute Gasteiger partial charge is 0.483 e. The maximum atomic E-state index is 13.8. The fraction of sp³-hybridized carbons (Fsp3) is 0.261. The van der Waals surface area contributed by atoms with Crippen LogP contribution in [0, 0.1) is 0 Å². The molecular weight excluding hydrogens is 438 g/mol. The second-order valence-electron chi connectivity index (χ2n) is 8.36. The number of aromatic nitrogens is 5. The quantitative estimate of drug-likeness (QED) is 0.437. The van der Waals surface area contributed by atoms with E-state index < -0.39 is 11.5 Å². The summed E-state index contributed by atoms with van der Waals surface area (Å²) < 4.78 is 5.45. The van der Waals surface area contributed by atoms with Crippen LogP contribution in [0.3, 0.4) is 0 Å². The van der Waals surface area contributed by atoms with Gasteiger partial charge in [0.05, 0.1) is 6.20 Å². The number of likely N-dealkylation sites (tertiary alicyclic amines) is 1. The minimum absolute atomic E-state index is 0.0870. The van der Waals surface area contributed by atoms with Crippen LogP contribution in [0.25, 0.3) is 5.65 Å². The number of aryl methyl sites for hydroxylation is 2. The van der Waals surface area contributed by atoms with Crippen LogP contribution in [-0.2, 0) is 29.1 Å². The molecule has 34 heavy (non-hydrogen) atoms. The van der Waals surface area contributed by atoms with Gasteiger partial charge >= 0.3 is 0 Å². The molecule has 3 aromatic heterocycles. The molecule has 2 atom stereocenters. The average molecular weight is 461 g/mol. The van der Waals surface area contributed by atoms with Gasteiger partial charge in [-0.25, -0.2) is 9.50 Å². The van der Waals surface area contributed by atoms with Crippen molar-refractivity contribution < 1.29 is 19.5 Å². The van der Waals surface area contributed by atoms with E-state index >= 15 is 0 Å². The first-order chi connectivity index (χ1) is 16.4. The molecule has 5 heterocycles. The molecule has 0 unspecified atom stereocenters. The Morgan fingerprint density at radius 1 is 1.21 bits per heavy atom. The van der Waals surface area contributed by atoms with Gasteiger partial charge in [-0.15, -0.1) is 0 Å². The number of amides is 2. The number of fused-ring (bicyclic) bond motifs is 3. The minimum Gasteiger partial charge on any atom is -0.483 e. The van der Waals surface area contributed by atoms with Crippen LogP contribution in [0.2, 0.25) is 0 Å². The van der Waals surface area contributed by atoms with Gasteiger partial charge in [-0.1, -0.05) is 18.2 Å². The predicted octanol–water partition coefficient (Wildman–Crippen LogP) is 1.58. The Labute approximate surface area is 194 Å². The Morgan fingerprint density at radius 2 is 1.97 bits per heavy atom. The number of nitrogens with one attached hydrogen (secondary N) is 1. The number of nitrogens with zero attached hydrogens (tertiary/aromatic N) is 6. The molecule has 1 aromatic carbocycles. The number of hydrogen-bond donors (Lipinski definition) is 2. The van der Waals surface area contributed by atoms with Gasteiger partial charge in [0.25, 0.3) is 12.4 Å². The van der Waals surface area contributed by atoms with Crippen molar-refractivity contribution in [1.82, 2.24) is 28.6 Å². The van der Waals surface area contributed by atoms with E-state index in [1.807, 2.05) is 66.1 Å². The summed E-state index contributed by atoms with van der Waals surface area (Å²) in [5, 5.41) is 14.3. The highest BCUT2D eigenvalue weighted by Crippen LogP contribution is 2.54. The zero-order valence-corrected chi connectivity index (χ0v) is 18.6. The van der Waals surface area contributed by atoms with Crippen molar-refractivity contribution in [2.24, 2.45) is 14.1 Å². The van der Waals surface area contributed by atoms with Gasteiger partial charge in [0, 0.05) is 51.1 Å². The first-order valence-corrected chi connectivity index (χ1v) is 10.7. The lowest BCUT2D eigenvalue weighted by atomic mass is 9.74. The van der Waals surface area contributed by atoms with Gasteiger partial charge in [0.1, 0.15) is 28.5 Å². The molecule has 6 rings (SSSR count). The van der Waals surface area contributed by atoms with Crippen molar-refractivity contribution in [3.05, 3.63) is 72.2 Å². The summed E-state index contributed by atoms with van der Waals surface area (Å²) in [6.45, 7) is 0.194. The van der Waals surface area contributed by atoms with Gasteiger partial charge < -0.3 is 24.5 Å². The van der Waals surface area contributed by atoms with E-state index in [9.17, 15) is 9.59 Å². The fourth-order valence-electron chi connectivity index (χ4n) is 5.26. The highest BCUT2D eigenvalue weighted by atomic mass is 16.3. The Hall–Kier alpha value is -4.41. The van der Waals surface area contributed by atoms with Gasteiger partial charge in [-0.2, -0.15) is 5.10 Å². The third kappa shape index (κ3) is 2.86. The molecule has 2 aliphatic heterocycles. The summed E-state index contributed by atoms with van der Waals surface area (Å²) in [7, 11) is 3.78. The van der Waals surface area contributed by atoms with E-state index in [1.165, 1.54) is 0 Å². The Bertz CT molecular complexity index is 1420. The molecule has 0 aliphatic carbocycles. The highest BCUT2D eigenvalue weighted by molar-refractivity contribution is 6.08. The second kappa shape index (κ2) is 7.87. The van der Waals surface area contributed by atoms with Crippen molar-refractivity contribution in [1.29, 1.82) is 0 Å². The number of rotatable bonds is 2. The molecule has 1 saturated heterocycles. The van der Waals surface area contributed by atoms with Crippen LogP contribution in [-0.4, -0.2) is 58.6 Å². The monoisotopic (exact) mass is 461 g/mol. The first kappa shape index (κ1) is 21.4. The lowest BCUT2D eigenvalue weighted by molar-refractivity contribution is -0.123. The van der Waals surface area contributed by atoms with E-state index in [0.717, 1.165) is 16.9 Å². The van der Waals surface area contributed by atoms with Crippen LogP contribution < -0.4 is 5.32 Å². The topological polar surface area (TPSA) is 127 Å². The van der Waals surface area contributed by atoms with E-state index in [2.05, 4.69) is 15.4 Å². The first-order valence-electron chi connectivity index (χ1n) is 10.7. The molecule has 0 bridgehead atoms. The van der Waals surface area contributed by atoms with Gasteiger partial charge in [-0.05, 0) is 18.1 Å². The summed E-state index contributed by atoms with van der Waals surface area (Å²) in [5.74, 6) is 0.447. The van der Waals surface area contributed by atoms with E-state index in [1.54, 1.807) is 21.8 Å². The standard InChI is InChI=1S/C22H21N7O2.CH2O2/c1-26-10-8-23-18(26)17-22(15-5-3-4-6-16(15)25-21(22)31)7-9-28(17)20(30)14-13-24-29-12-11-27(2)19(14)29;2-1-3/h3-6,8,10-13,17H,7,9H2,1-2H3,(H,25,31);1H,(H,2,3)/t17-,22+;/m0./s1. The molecule has 1 spiro atoms. The van der Waals surface area contributed by atoms with Crippen LogP contribution in [0.4, 0.5) is 5.69 Å². The number of carbonyl (C=O) groups is 3. The fourth-order valence-corrected chi connectivity index (χ4v) is 5.26. The molecular formula is C23H23N7O4. The third-order valence-corrected chi connectivity index (χ3v) is 6.72. The Balaban J connectivity index is 0.000000764. The lowest BCUT2D eigenvalue weighted by Gasteiger charge is -2.33. The van der Waals surface area contributed by atoms with Gasteiger partial charge in [0.15, 0.2) is 0 Å². The molecule has 11 heteroatoms. The number of benzene rings is 1. The number of imidazole rings is 2. The van der Waals surface area contributed by atoms with Crippen LogP contribution in [0.1, 0.15) is 34.2 Å². The summed E-state index contributed by atoms with van der Waals surface area (Å²) >= 11 is 0. The second-order valence-corrected chi connectivity index (χ2v) is 8.36. The normalized spacial score (nSPS) is 20.8. The summed E-state index contributed by atoms with van der Waals surface area (Å²) in [6.07, 6.45) is 9.35. The molecule has 2 N–H and O–H groups in total. The molecule has 4 aromatic rings. The highest BCUT2D eigenvalue weighted by Gasteiger charge is 2.60.